The summed E-state index contributed by atoms with van der Waals surface area (Å²) < 4.78 is 0. The molecule has 0 aromatic heterocycles. The normalized spacial score (nSPS) is 39.7. The molecule has 0 aromatic carbocycles. The molecule has 2 fully saturated rings. The Morgan fingerprint density at radius 2 is 2.07 bits per heavy atom. The van der Waals surface area contributed by atoms with E-state index >= 15 is 0 Å². The smallest absolute Gasteiger partial charge is 0.309 e. The summed E-state index contributed by atoms with van der Waals surface area (Å²) in [6, 6.07) is 0.983. The van der Waals surface area contributed by atoms with Gasteiger partial charge in [-0.25, -0.2) is 0 Å². The summed E-state index contributed by atoms with van der Waals surface area (Å²) in [6.07, 6.45) is 4.61. The summed E-state index contributed by atoms with van der Waals surface area (Å²) in [5.41, 5.74) is -0.326. The molecule has 0 heterocycles. The average molecular weight is 226 g/mol. The van der Waals surface area contributed by atoms with Gasteiger partial charge in [-0.2, -0.15) is 0 Å². The summed E-state index contributed by atoms with van der Waals surface area (Å²) in [4.78, 5) is 11.6. The zero-order valence-corrected chi connectivity index (χ0v) is 11.0. The number of rotatable bonds is 3. The van der Waals surface area contributed by atoms with Crippen molar-refractivity contribution in [2.24, 2.45) is 17.3 Å². The Hall–Kier alpha value is -0.313. The van der Waals surface area contributed by atoms with Gasteiger partial charge in [-0.05, 0) is 37.1 Å². The summed E-state index contributed by atoms with van der Waals surface area (Å²) in [5, 5.41) is 9.57. The molecule has 3 heteroatoms. The Kier molecular flexibility index (Phi) is 2.49. The molecule has 2 nitrogen and oxygen atoms in total. The molecule has 2 saturated carbocycles. The molecule has 15 heavy (non-hydrogen) atoms. The van der Waals surface area contributed by atoms with Crippen molar-refractivity contribution in [2.45, 2.75) is 51.4 Å². The zero-order chi connectivity index (χ0) is 11.3. The lowest BCUT2D eigenvalue weighted by molar-refractivity contribution is -0.151. The van der Waals surface area contributed by atoms with Gasteiger partial charge in [0.05, 0.1) is 5.41 Å². The summed E-state index contributed by atoms with van der Waals surface area (Å²) in [6.45, 7) is 6.89. The third-order valence-corrected chi connectivity index (χ3v) is 5.94. The molecule has 0 amide bonds. The van der Waals surface area contributed by atoms with E-state index in [0.29, 0.717) is 5.92 Å². The van der Waals surface area contributed by atoms with Crippen molar-refractivity contribution in [3.05, 3.63) is 0 Å². The first kappa shape index (κ1) is 11.2. The Balaban J connectivity index is 2.23. The fourth-order valence-corrected chi connectivity index (χ4v) is 6.42. The topological polar surface area (TPSA) is 37.3 Å². The van der Waals surface area contributed by atoms with Gasteiger partial charge in [-0.1, -0.05) is 26.1 Å². The molecule has 3 atom stereocenters. The van der Waals surface area contributed by atoms with E-state index in [1.54, 1.807) is 0 Å². The van der Waals surface area contributed by atoms with Crippen molar-refractivity contribution in [3.63, 3.8) is 0 Å². The first-order chi connectivity index (χ1) is 6.83. The fourth-order valence-electron chi connectivity index (χ4n) is 3.94. The Morgan fingerprint density at radius 3 is 2.40 bits per heavy atom. The van der Waals surface area contributed by atoms with Crippen LogP contribution in [-0.4, -0.2) is 19.1 Å². The van der Waals surface area contributed by atoms with Crippen LogP contribution in [0.3, 0.4) is 0 Å². The number of hydrogen-bond acceptors (Lipinski definition) is 1. The molecule has 3 unspecified atom stereocenters. The van der Waals surface area contributed by atoms with Crippen LogP contribution in [0.5, 0.6) is 0 Å². The number of aliphatic carboxylic acids is 1. The minimum absolute atomic E-state index is 0.326. The molecule has 2 bridgehead atoms. The maximum atomic E-state index is 11.6. The third kappa shape index (κ3) is 1.86. The maximum Gasteiger partial charge on any atom is 0.309 e. The predicted octanol–water partition coefficient (Wildman–Crippen LogP) is 3.22. The summed E-state index contributed by atoms with van der Waals surface area (Å²) in [5.74, 6) is 0.714. The first-order valence-electron chi connectivity index (χ1n) is 6.07. The second kappa shape index (κ2) is 3.34. The molecule has 0 radical (unpaired) electrons. The van der Waals surface area contributed by atoms with Crippen LogP contribution in [0.2, 0.25) is 25.7 Å². The van der Waals surface area contributed by atoms with Gasteiger partial charge in [0, 0.05) is 8.07 Å². The van der Waals surface area contributed by atoms with Crippen LogP contribution >= 0.6 is 0 Å². The second-order valence-corrected chi connectivity index (χ2v) is 12.3. The van der Waals surface area contributed by atoms with Gasteiger partial charge in [0.25, 0.3) is 0 Å². The van der Waals surface area contributed by atoms with Crippen LogP contribution in [0.25, 0.3) is 0 Å². The largest absolute Gasteiger partial charge is 0.481 e. The minimum atomic E-state index is -1.28. The van der Waals surface area contributed by atoms with Crippen LogP contribution in [0, 0.1) is 17.3 Å². The Bertz CT molecular complexity index is 282. The highest BCUT2D eigenvalue weighted by Crippen LogP contribution is 2.59. The van der Waals surface area contributed by atoms with Gasteiger partial charge in [0.1, 0.15) is 0 Å². The van der Waals surface area contributed by atoms with Crippen molar-refractivity contribution in [1.82, 2.24) is 0 Å². The lowest BCUT2D eigenvalue weighted by Crippen LogP contribution is -2.42. The lowest BCUT2D eigenvalue weighted by Gasteiger charge is -2.37. The molecule has 0 saturated heterocycles. The van der Waals surface area contributed by atoms with Gasteiger partial charge in [0.2, 0.25) is 0 Å². The van der Waals surface area contributed by atoms with Crippen molar-refractivity contribution in [1.29, 1.82) is 0 Å². The van der Waals surface area contributed by atoms with E-state index in [9.17, 15) is 9.90 Å². The Labute approximate surface area is 93.1 Å². The van der Waals surface area contributed by atoms with E-state index in [4.69, 9.17) is 0 Å². The van der Waals surface area contributed by atoms with Crippen molar-refractivity contribution < 1.29 is 9.90 Å². The number of carbonyl (C=O) groups is 1. The van der Waals surface area contributed by atoms with Crippen molar-refractivity contribution in [3.8, 4) is 0 Å². The summed E-state index contributed by atoms with van der Waals surface area (Å²) in [7, 11) is -1.28. The van der Waals surface area contributed by atoms with Crippen LogP contribution < -0.4 is 0 Å². The zero-order valence-electron chi connectivity index (χ0n) is 10.0. The van der Waals surface area contributed by atoms with Gasteiger partial charge in [0.15, 0.2) is 0 Å². The van der Waals surface area contributed by atoms with E-state index < -0.39 is 14.0 Å². The molecule has 0 aromatic rings. The van der Waals surface area contributed by atoms with Crippen molar-refractivity contribution in [2.75, 3.05) is 0 Å². The Morgan fingerprint density at radius 1 is 1.40 bits per heavy atom. The molecule has 2 aliphatic rings. The van der Waals surface area contributed by atoms with Gasteiger partial charge < -0.3 is 5.11 Å². The number of hydrogen-bond donors (Lipinski definition) is 1. The van der Waals surface area contributed by atoms with Crippen LogP contribution in [-0.2, 0) is 4.79 Å². The standard InChI is InChI=1S/C12H22O2Si/c1-15(2,3)8-12(11(13)14)7-9-4-5-10(12)6-9/h9-10H,4-8H2,1-3H3,(H,13,14). The molecule has 2 aliphatic carbocycles. The van der Waals surface area contributed by atoms with E-state index in [1.807, 2.05) is 0 Å². The quantitative estimate of drug-likeness (QED) is 0.750. The van der Waals surface area contributed by atoms with Crippen LogP contribution in [0.4, 0.5) is 0 Å². The molecule has 0 aliphatic heterocycles. The maximum absolute atomic E-state index is 11.6. The molecule has 0 spiro atoms. The average Bonchev–Trinajstić information content (AvgIpc) is 2.59. The SMILES string of the molecule is C[Si](C)(C)CC1(C(=O)O)CC2CCC1C2. The lowest BCUT2D eigenvalue weighted by atomic mass is 9.74. The second-order valence-electron chi connectivity index (χ2n) is 6.78. The van der Waals surface area contributed by atoms with E-state index in [2.05, 4.69) is 19.6 Å². The highest BCUT2D eigenvalue weighted by molar-refractivity contribution is 6.76. The van der Waals surface area contributed by atoms with Gasteiger partial charge in [-0.15, -0.1) is 0 Å². The van der Waals surface area contributed by atoms with Crippen LogP contribution in [0.15, 0.2) is 0 Å². The van der Waals surface area contributed by atoms with E-state index in [0.717, 1.165) is 18.4 Å². The minimum Gasteiger partial charge on any atom is -0.481 e. The number of carboxylic acid groups (broad SMARTS) is 1. The number of fused-ring (bicyclic) bond motifs is 2. The van der Waals surface area contributed by atoms with Gasteiger partial charge >= 0.3 is 5.97 Å². The molecular weight excluding hydrogens is 204 g/mol. The fraction of sp³-hybridized carbons (Fsp3) is 0.917. The molecule has 86 valence electrons. The number of carboxylic acids is 1. The van der Waals surface area contributed by atoms with E-state index in [1.165, 1.54) is 19.3 Å². The third-order valence-electron chi connectivity index (χ3n) is 4.25. The molecular formula is C12H22O2Si. The first-order valence-corrected chi connectivity index (χ1v) is 9.78. The monoisotopic (exact) mass is 226 g/mol. The van der Waals surface area contributed by atoms with Crippen LogP contribution in [0.1, 0.15) is 25.7 Å². The molecule has 1 N–H and O–H groups in total. The van der Waals surface area contributed by atoms with Gasteiger partial charge in [-0.3, -0.25) is 4.79 Å². The summed E-state index contributed by atoms with van der Waals surface area (Å²) >= 11 is 0. The highest BCUT2D eigenvalue weighted by Gasteiger charge is 2.56. The van der Waals surface area contributed by atoms with E-state index in [-0.39, 0.29) is 5.41 Å². The molecule has 2 rings (SSSR count). The highest BCUT2D eigenvalue weighted by atomic mass is 28.3. The van der Waals surface area contributed by atoms with Crippen molar-refractivity contribution >= 4 is 14.0 Å². The predicted molar refractivity (Wildman–Crippen MR) is 63.7 cm³/mol.